The minimum Gasteiger partial charge on any atom is -0.462 e. The van der Waals surface area contributed by atoms with Gasteiger partial charge in [-0.2, -0.15) is 18.2 Å². The summed E-state index contributed by atoms with van der Waals surface area (Å²) >= 11 is 0. The molecule has 3 aromatic carbocycles. The van der Waals surface area contributed by atoms with E-state index in [-0.39, 0.29) is 34.6 Å². The normalized spacial score (nSPS) is 12.0. The van der Waals surface area contributed by atoms with Crippen molar-refractivity contribution in [3.63, 3.8) is 0 Å². The van der Waals surface area contributed by atoms with Crippen LogP contribution in [0, 0.1) is 5.92 Å². The number of ether oxygens (including phenoxy) is 1. The van der Waals surface area contributed by atoms with Gasteiger partial charge in [0.2, 0.25) is 0 Å². The number of aromatic nitrogens is 3. The Balaban J connectivity index is 1.60. The zero-order valence-corrected chi connectivity index (χ0v) is 22.5. The number of nitrogens with one attached hydrogen (secondary N) is 1. The molecule has 0 aliphatic rings. The molecule has 0 atom stereocenters. The number of carbonyl (C=O) groups excluding carboxylic acids is 1. The predicted octanol–water partition coefficient (Wildman–Crippen LogP) is 7.54. The molecule has 1 amide bonds. The fourth-order valence-corrected chi connectivity index (χ4v) is 3.81. The number of hydrogen-bond donors (Lipinski definition) is 1. The largest absolute Gasteiger partial charge is 0.462 e. The second-order valence-corrected chi connectivity index (χ2v) is 10.7. The topological polar surface area (TPSA) is 69.0 Å². The van der Waals surface area contributed by atoms with Crippen LogP contribution >= 0.6 is 0 Å². The first-order valence-corrected chi connectivity index (χ1v) is 12.6. The highest BCUT2D eigenvalue weighted by atomic mass is 19.4. The molecule has 0 spiro atoms. The van der Waals surface area contributed by atoms with Gasteiger partial charge in [-0.3, -0.25) is 4.79 Å². The van der Waals surface area contributed by atoms with Gasteiger partial charge in [0.05, 0.1) is 17.9 Å². The summed E-state index contributed by atoms with van der Waals surface area (Å²) in [6.07, 6.45) is -4.50. The average Bonchev–Trinajstić information content (AvgIpc) is 3.31. The Morgan fingerprint density at radius 3 is 2.21 bits per heavy atom. The third kappa shape index (κ3) is 6.85. The smallest absolute Gasteiger partial charge is 0.416 e. The van der Waals surface area contributed by atoms with E-state index < -0.39 is 11.7 Å². The Labute approximate surface area is 225 Å². The molecule has 1 N–H and O–H groups in total. The van der Waals surface area contributed by atoms with E-state index in [1.165, 1.54) is 10.7 Å². The molecule has 9 heteroatoms. The number of benzene rings is 3. The van der Waals surface area contributed by atoms with E-state index in [1.807, 2.05) is 26.0 Å². The van der Waals surface area contributed by atoms with Crippen molar-refractivity contribution in [1.29, 1.82) is 0 Å². The lowest BCUT2D eigenvalue weighted by Gasteiger charge is -2.19. The number of carbonyl (C=O) groups is 1. The first-order chi connectivity index (χ1) is 18.3. The Kier molecular flexibility index (Phi) is 7.81. The van der Waals surface area contributed by atoms with Crippen molar-refractivity contribution in [3.8, 4) is 23.1 Å². The van der Waals surface area contributed by atoms with Crippen molar-refractivity contribution in [2.45, 2.75) is 46.2 Å². The van der Waals surface area contributed by atoms with Crippen LogP contribution in [-0.4, -0.2) is 27.3 Å². The quantitative estimate of drug-likeness (QED) is 0.265. The first-order valence-electron chi connectivity index (χ1n) is 12.6. The second-order valence-electron chi connectivity index (χ2n) is 10.7. The SMILES string of the molecule is CC(C)COc1nc(-c2cccc(C(F)(F)F)c2)n(-c2ccc(NC(=O)c3ccc(C(C)(C)C)cc3)cc2)n1. The zero-order chi connectivity index (χ0) is 28.4. The third-order valence-corrected chi connectivity index (χ3v) is 5.96. The fraction of sp³-hybridized carbons (Fsp3) is 0.300. The van der Waals surface area contributed by atoms with Crippen LogP contribution in [-0.2, 0) is 11.6 Å². The number of halogens is 3. The van der Waals surface area contributed by atoms with Crippen LogP contribution in [0.2, 0.25) is 0 Å². The Hall–Kier alpha value is -4.14. The molecule has 204 valence electrons. The molecule has 0 unspecified atom stereocenters. The summed E-state index contributed by atoms with van der Waals surface area (Å²) in [5.74, 6) is 0.162. The van der Waals surface area contributed by atoms with E-state index in [0.717, 1.165) is 17.7 Å². The highest BCUT2D eigenvalue weighted by Gasteiger charge is 2.31. The minimum absolute atomic E-state index is 0.0151. The van der Waals surface area contributed by atoms with Crippen LogP contribution in [0.5, 0.6) is 6.01 Å². The number of nitrogens with zero attached hydrogens (tertiary/aromatic N) is 3. The van der Waals surface area contributed by atoms with Gasteiger partial charge in [0.15, 0.2) is 5.82 Å². The van der Waals surface area contributed by atoms with Gasteiger partial charge in [-0.15, -0.1) is 5.10 Å². The Bertz CT molecular complexity index is 1440. The predicted molar refractivity (Wildman–Crippen MR) is 145 cm³/mol. The van der Waals surface area contributed by atoms with Crippen LogP contribution in [0.25, 0.3) is 17.1 Å². The molecule has 4 aromatic rings. The van der Waals surface area contributed by atoms with Crippen molar-refractivity contribution in [1.82, 2.24) is 14.8 Å². The van der Waals surface area contributed by atoms with Gasteiger partial charge < -0.3 is 10.1 Å². The van der Waals surface area contributed by atoms with Crippen molar-refractivity contribution in [2.24, 2.45) is 5.92 Å². The van der Waals surface area contributed by atoms with Gasteiger partial charge in [-0.25, -0.2) is 4.68 Å². The summed E-state index contributed by atoms with van der Waals surface area (Å²) < 4.78 is 47.2. The summed E-state index contributed by atoms with van der Waals surface area (Å²) in [6, 6.07) is 19.2. The summed E-state index contributed by atoms with van der Waals surface area (Å²) in [6.45, 7) is 10.6. The molecule has 0 radical (unpaired) electrons. The van der Waals surface area contributed by atoms with E-state index in [2.05, 4.69) is 36.2 Å². The van der Waals surface area contributed by atoms with Crippen LogP contribution in [0.4, 0.5) is 18.9 Å². The molecule has 0 fully saturated rings. The Morgan fingerprint density at radius 1 is 0.949 bits per heavy atom. The lowest BCUT2D eigenvalue weighted by Crippen LogP contribution is -2.14. The molecule has 1 aromatic heterocycles. The first kappa shape index (κ1) is 27.9. The van der Waals surface area contributed by atoms with Crippen LogP contribution in [0.15, 0.2) is 72.8 Å². The molecule has 1 heterocycles. The van der Waals surface area contributed by atoms with Crippen LogP contribution < -0.4 is 10.1 Å². The monoisotopic (exact) mass is 536 g/mol. The zero-order valence-electron chi connectivity index (χ0n) is 22.5. The maximum atomic E-state index is 13.4. The minimum atomic E-state index is -4.50. The van der Waals surface area contributed by atoms with Crippen LogP contribution in [0.3, 0.4) is 0 Å². The van der Waals surface area contributed by atoms with Gasteiger partial charge in [0.25, 0.3) is 5.91 Å². The van der Waals surface area contributed by atoms with Crippen LogP contribution in [0.1, 0.15) is 56.1 Å². The highest BCUT2D eigenvalue weighted by Crippen LogP contribution is 2.33. The summed E-state index contributed by atoms with van der Waals surface area (Å²) in [4.78, 5) is 17.1. The van der Waals surface area contributed by atoms with E-state index >= 15 is 0 Å². The van der Waals surface area contributed by atoms with Gasteiger partial charge >= 0.3 is 12.2 Å². The maximum absolute atomic E-state index is 13.4. The third-order valence-electron chi connectivity index (χ3n) is 5.96. The van der Waals surface area contributed by atoms with E-state index in [4.69, 9.17) is 4.74 Å². The molecular formula is C30H31F3N4O2. The lowest BCUT2D eigenvalue weighted by molar-refractivity contribution is -0.137. The van der Waals surface area contributed by atoms with Gasteiger partial charge in [0, 0.05) is 16.8 Å². The van der Waals surface area contributed by atoms with Gasteiger partial charge in [-0.1, -0.05) is 58.9 Å². The number of hydrogen-bond acceptors (Lipinski definition) is 4. The van der Waals surface area contributed by atoms with Crippen molar-refractivity contribution >= 4 is 11.6 Å². The molecule has 0 aliphatic heterocycles. The van der Waals surface area contributed by atoms with Gasteiger partial charge in [-0.05, 0) is 65.4 Å². The fourth-order valence-electron chi connectivity index (χ4n) is 3.81. The molecular weight excluding hydrogens is 505 g/mol. The molecule has 4 rings (SSSR count). The second kappa shape index (κ2) is 10.9. The van der Waals surface area contributed by atoms with E-state index in [0.29, 0.717) is 23.5 Å². The van der Waals surface area contributed by atoms with Crippen molar-refractivity contribution in [3.05, 3.63) is 89.5 Å². The number of anilines is 1. The maximum Gasteiger partial charge on any atom is 0.416 e. The number of amides is 1. The van der Waals surface area contributed by atoms with E-state index in [1.54, 1.807) is 42.5 Å². The van der Waals surface area contributed by atoms with Crippen molar-refractivity contribution < 1.29 is 22.7 Å². The molecule has 0 bridgehead atoms. The molecule has 0 saturated carbocycles. The van der Waals surface area contributed by atoms with E-state index in [9.17, 15) is 18.0 Å². The summed E-state index contributed by atoms with van der Waals surface area (Å²) in [7, 11) is 0. The van der Waals surface area contributed by atoms with Gasteiger partial charge in [0.1, 0.15) is 0 Å². The highest BCUT2D eigenvalue weighted by molar-refractivity contribution is 6.04. The average molecular weight is 537 g/mol. The lowest BCUT2D eigenvalue weighted by atomic mass is 9.87. The molecule has 0 aliphatic carbocycles. The number of rotatable bonds is 7. The molecule has 0 saturated heterocycles. The van der Waals surface area contributed by atoms with Crippen molar-refractivity contribution in [2.75, 3.05) is 11.9 Å². The summed E-state index contributed by atoms with van der Waals surface area (Å²) in [5, 5.41) is 7.27. The number of alkyl halides is 3. The molecule has 6 nitrogen and oxygen atoms in total. The standard InChI is InChI=1S/C30H31F3N4O2/c1-19(2)18-39-28-35-26(21-7-6-8-23(17-21)30(31,32)33)37(36-28)25-15-13-24(14-16-25)34-27(38)20-9-11-22(12-10-20)29(3,4)5/h6-17,19H,18H2,1-5H3,(H,34,38). The summed E-state index contributed by atoms with van der Waals surface area (Å²) in [5.41, 5.74) is 2.20. The Morgan fingerprint density at radius 2 is 1.62 bits per heavy atom. The molecule has 39 heavy (non-hydrogen) atoms.